The molecule has 0 aliphatic carbocycles. The fourth-order valence-electron chi connectivity index (χ4n) is 3.22. The number of esters is 1. The number of hydrogen-bond donors (Lipinski definition) is 1. The van der Waals surface area contributed by atoms with Crippen LogP contribution in [0.4, 0.5) is 0 Å². The van der Waals surface area contributed by atoms with Gasteiger partial charge in [-0.2, -0.15) is 0 Å². The highest BCUT2D eigenvalue weighted by Gasteiger charge is 2.22. The Morgan fingerprint density at radius 3 is 2.53 bits per heavy atom. The first-order valence-corrected chi connectivity index (χ1v) is 9.51. The van der Waals surface area contributed by atoms with E-state index in [2.05, 4.69) is 4.98 Å². The Morgan fingerprint density at radius 2 is 1.80 bits per heavy atom. The van der Waals surface area contributed by atoms with Crippen molar-refractivity contribution in [3.63, 3.8) is 0 Å². The Kier molecular flexibility index (Phi) is 5.34. The summed E-state index contributed by atoms with van der Waals surface area (Å²) in [5.74, 6) is 0.00428. The van der Waals surface area contributed by atoms with Crippen LogP contribution in [0.1, 0.15) is 28.6 Å². The van der Waals surface area contributed by atoms with E-state index in [0.717, 1.165) is 11.1 Å². The summed E-state index contributed by atoms with van der Waals surface area (Å²) in [7, 11) is 0. The Labute approximate surface area is 172 Å². The molecule has 0 saturated carbocycles. The lowest BCUT2D eigenvalue weighted by Crippen LogP contribution is -2.33. The highest BCUT2D eigenvalue weighted by atomic mass is 16.6. The number of ether oxygens (including phenoxy) is 2. The molecule has 4 rings (SSSR count). The predicted molar refractivity (Wildman–Crippen MR) is 111 cm³/mol. The van der Waals surface area contributed by atoms with Crippen molar-refractivity contribution in [1.29, 1.82) is 0 Å². The number of carbonyl (C=O) groups excluding carboxylic acids is 1. The van der Waals surface area contributed by atoms with Crippen molar-refractivity contribution < 1.29 is 14.3 Å². The minimum absolute atomic E-state index is 0.0349. The first-order valence-electron chi connectivity index (χ1n) is 9.51. The molecule has 1 atom stereocenters. The molecule has 0 radical (unpaired) electrons. The molecule has 3 aromatic rings. The molecule has 0 amide bonds. The summed E-state index contributed by atoms with van der Waals surface area (Å²) >= 11 is 0. The van der Waals surface area contributed by atoms with Gasteiger partial charge < -0.3 is 9.47 Å². The average molecular weight is 404 g/mol. The first kappa shape index (κ1) is 19.4. The molecule has 7 nitrogen and oxygen atoms in total. The lowest BCUT2D eigenvalue weighted by atomic mass is 10.0. The highest BCUT2D eigenvalue weighted by molar-refractivity contribution is 5.90. The summed E-state index contributed by atoms with van der Waals surface area (Å²) in [5, 5.41) is 0. The number of benzene rings is 2. The molecule has 2 aromatic carbocycles. The van der Waals surface area contributed by atoms with Gasteiger partial charge in [0.05, 0.1) is 5.56 Å². The van der Waals surface area contributed by atoms with E-state index in [1.54, 1.807) is 25.1 Å². The number of aromatic nitrogens is 2. The Balaban J connectivity index is 1.35. The largest absolute Gasteiger partial charge is 0.471 e. The van der Waals surface area contributed by atoms with Crippen LogP contribution in [0.3, 0.4) is 0 Å². The third kappa shape index (κ3) is 4.10. The maximum absolute atomic E-state index is 12.3. The molecule has 152 valence electrons. The van der Waals surface area contributed by atoms with Gasteiger partial charge in [0.15, 0.2) is 6.23 Å². The Bertz CT molecular complexity index is 1210. The number of nitrogens with zero attached hydrogens (tertiary/aromatic N) is 1. The number of hydrogen-bond acceptors (Lipinski definition) is 5. The maximum atomic E-state index is 12.3. The van der Waals surface area contributed by atoms with Crippen molar-refractivity contribution in [1.82, 2.24) is 9.55 Å². The van der Waals surface area contributed by atoms with Crippen LogP contribution in [0.5, 0.6) is 0 Å². The topological polar surface area (TPSA) is 90.4 Å². The summed E-state index contributed by atoms with van der Waals surface area (Å²) in [4.78, 5) is 38.1. The molecule has 2 heterocycles. The van der Waals surface area contributed by atoms with E-state index >= 15 is 0 Å². The molecule has 30 heavy (non-hydrogen) atoms. The highest BCUT2D eigenvalue weighted by Crippen LogP contribution is 2.25. The van der Waals surface area contributed by atoms with Crippen LogP contribution in [0, 0.1) is 6.92 Å². The van der Waals surface area contributed by atoms with E-state index in [9.17, 15) is 14.4 Å². The number of aromatic amines is 1. The zero-order valence-electron chi connectivity index (χ0n) is 16.3. The second-order valence-corrected chi connectivity index (χ2v) is 6.98. The van der Waals surface area contributed by atoms with Crippen LogP contribution in [0.2, 0.25) is 0 Å². The van der Waals surface area contributed by atoms with Gasteiger partial charge >= 0.3 is 11.7 Å². The van der Waals surface area contributed by atoms with Crippen LogP contribution in [-0.2, 0) is 9.47 Å². The third-order valence-electron chi connectivity index (χ3n) is 4.86. The quantitative estimate of drug-likeness (QED) is 0.660. The van der Waals surface area contributed by atoms with Crippen molar-refractivity contribution in [3.05, 3.63) is 105 Å². The second kappa shape index (κ2) is 8.24. The van der Waals surface area contributed by atoms with Crippen LogP contribution < -0.4 is 11.2 Å². The van der Waals surface area contributed by atoms with Gasteiger partial charge in [0, 0.05) is 18.2 Å². The van der Waals surface area contributed by atoms with E-state index < -0.39 is 23.4 Å². The molecule has 0 saturated heterocycles. The van der Waals surface area contributed by atoms with Crippen molar-refractivity contribution in [2.45, 2.75) is 19.6 Å². The van der Waals surface area contributed by atoms with Gasteiger partial charge in [-0.25, -0.2) is 9.59 Å². The van der Waals surface area contributed by atoms with Gasteiger partial charge in [0.25, 0.3) is 5.56 Å². The monoisotopic (exact) mass is 404 g/mol. The summed E-state index contributed by atoms with van der Waals surface area (Å²) in [6.07, 6.45) is 3.09. The molecule has 1 N–H and O–H groups in total. The zero-order chi connectivity index (χ0) is 21.1. The lowest BCUT2D eigenvalue weighted by molar-refractivity contribution is 0.0307. The predicted octanol–water partition coefficient (Wildman–Crippen LogP) is 3.17. The smallest absolute Gasteiger partial charge is 0.338 e. The summed E-state index contributed by atoms with van der Waals surface area (Å²) in [6.45, 7) is 1.58. The average Bonchev–Trinajstić information content (AvgIpc) is 3.24. The number of rotatable bonds is 5. The number of aryl methyl sites for hydroxylation is 1. The molecule has 0 bridgehead atoms. The molecule has 0 spiro atoms. The molecule has 1 aliphatic rings. The van der Waals surface area contributed by atoms with Crippen molar-refractivity contribution in [3.8, 4) is 11.1 Å². The Hall–Kier alpha value is -3.87. The normalized spacial score (nSPS) is 15.4. The fraction of sp³-hybridized carbons (Fsp3) is 0.174. The number of carbonyl (C=O) groups is 1. The molecule has 1 aliphatic heterocycles. The van der Waals surface area contributed by atoms with Gasteiger partial charge in [-0.05, 0) is 36.3 Å². The standard InChI is InChI=1S/C23H20N2O5/c1-15-13-25(23(28)24-21(15)26)20-12-11-19(30-20)14-29-22(27)18-9-7-17(8-10-18)16-5-3-2-4-6-16/h2-11,13,20H,12,14H2,1H3,(H,24,26,28)/t20-/m1/s1. The van der Waals surface area contributed by atoms with E-state index in [1.165, 1.54) is 10.8 Å². The van der Waals surface area contributed by atoms with Gasteiger partial charge in [-0.1, -0.05) is 42.5 Å². The molecule has 0 unspecified atom stereocenters. The summed E-state index contributed by atoms with van der Waals surface area (Å²) in [6, 6.07) is 17.1. The van der Waals surface area contributed by atoms with Crippen LogP contribution >= 0.6 is 0 Å². The molecule has 7 heteroatoms. The van der Waals surface area contributed by atoms with Crippen molar-refractivity contribution in [2.75, 3.05) is 6.61 Å². The zero-order valence-corrected chi connectivity index (χ0v) is 16.3. The van der Waals surface area contributed by atoms with Crippen molar-refractivity contribution >= 4 is 5.97 Å². The second-order valence-electron chi connectivity index (χ2n) is 6.98. The van der Waals surface area contributed by atoms with Crippen LogP contribution in [0.15, 0.2) is 82.2 Å². The number of H-pyrrole nitrogens is 1. The van der Waals surface area contributed by atoms with Gasteiger partial charge in [0.1, 0.15) is 12.4 Å². The maximum Gasteiger partial charge on any atom is 0.338 e. The molecular weight excluding hydrogens is 384 g/mol. The number of nitrogens with one attached hydrogen (secondary N) is 1. The van der Waals surface area contributed by atoms with Crippen molar-refractivity contribution in [2.24, 2.45) is 0 Å². The van der Waals surface area contributed by atoms with Crippen LogP contribution in [-0.4, -0.2) is 22.1 Å². The van der Waals surface area contributed by atoms with Gasteiger partial charge in [0.2, 0.25) is 0 Å². The molecule has 1 aromatic heterocycles. The third-order valence-corrected chi connectivity index (χ3v) is 4.86. The minimum Gasteiger partial charge on any atom is -0.471 e. The Morgan fingerprint density at radius 1 is 1.10 bits per heavy atom. The van der Waals surface area contributed by atoms with E-state index in [4.69, 9.17) is 9.47 Å². The fourth-order valence-corrected chi connectivity index (χ4v) is 3.22. The van der Waals surface area contributed by atoms with Gasteiger partial charge in [-0.3, -0.25) is 14.3 Å². The van der Waals surface area contributed by atoms with Gasteiger partial charge in [-0.15, -0.1) is 0 Å². The van der Waals surface area contributed by atoms with Crippen LogP contribution in [0.25, 0.3) is 11.1 Å². The summed E-state index contributed by atoms with van der Waals surface area (Å²) < 4.78 is 12.4. The molecular formula is C23H20N2O5. The molecule has 0 fully saturated rings. The summed E-state index contributed by atoms with van der Waals surface area (Å²) in [5.41, 5.74) is 1.98. The first-order chi connectivity index (χ1) is 14.5. The minimum atomic E-state index is -0.577. The van der Waals surface area contributed by atoms with E-state index in [0.29, 0.717) is 23.3 Å². The van der Waals surface area contributed by atoms with E-state index in [1.807, 2.05) is 42.5 Å². The van der Waals surface area contributed by atoms with E-state index in [-0.39, 0.29) is 6.61 Å². The SMILES string of the molecule is Cc1cn([C@H]2CC=C(COC(=O)c3ccc(-c4ccccc4)cc3)O2)c(=O)[nH]c1=O. The lowest BCUT2D eigenvalue weighted by Gasteiger charge is -2.16.